The highest BCUT2D eigenvalue weighted by Gasteiger charge is 2.22. The van der Waals surface area contributed by atoms with E-state index < -0.39 is 0 Å². The van der Waals surface area contributed by atoms with E-state index in [1.54, 1.807) is 17.0 Å². The number of anilines is 2. The molecule has 25 heavy (non-hydrogen) atoms. The number of nitrogen functional groups attached to an aromatic ring is 1. The Kier molecular flexibility index (Phi) is 6.42. The van der Waals surface area contributed by atoms with Crippen LogP contribution in [0.25, 0.3) is 0 Å². The van der Waals surface area contributed by atoms with E-state index in [0.717, 1.165) is 24.1 Å². The van der Waals surface area contributed by atoms with Crippen LogP contribution in [0.4, 0.5) is 11.4 Å². The van der Waals surface area contributed by atoms with Crippen molar-refractivity contribution in [3.8, 4) is 0 Å². The van der Waals surface area contributed by atoms with Gasteiger partial charge in [0.2, 0.25) is 11.8 Å². The molecule has 0 saturated carbocycles. The summed E-state index contributed by atoms with van der Waals surface area (Å²) in [7, 11) is 0. The molecule has 0 unspecified atom stereocenters. The van der Waals surface area contributed by atoms with Crippen molar-refractivity contribution in [3.05, 3.63) is 59.7 Å². The lowest BCUT2D eigenvalue weighted by Crippen LogP contribution is -2.43. The molecule has 0 spiro atoms. The fraction of sp³-hybridized carbons (Fsp3) is 0.263. The van der Waals surface area contributed by atoms with Crippen LogP contribution in [0.15, 0.2) is 48.5 Å². The number of hydrogen-bond acceptors (Lipinski definition) is 3. The van der Waals surface area contributed by atoms with Crippen LogP contribution in [0.2, 0.25) is 0 Å². The third kappa shape index (κ3) is 4.73. The number of aryl methyl sites for hydroxylation is 1. The number of fused-ring (bicyclic) bond motifs is 1. The van der Waals surface area contributed by atoms with Crippen LogP contribution in [0, 0.1) is 0 Å². The average Bonchev–Trinajstić information content (AvgIpc) is 2.61. The standard InChI is InChI=1S/C19H21N3O2.ClH/c20-16-9-7-14(8-10-16)12-18(23)21-13-19(24)22-11-3-5-15-4-1-2-6-17(15)22;/h1-2,4,6-10H,3,5,11-13,20H2,(H,21,23);1H. The summed E-state index contributed by atoms with van der Waals surface area (Å²) in [6.07, 6.45) is 2.18. The molecular weight excluding hydrogens is 338 g/mol. The second-order valence-corrected chi connectivity index (χ2v) is 5.97. The van der Waals surface area contributed by atoms with Crippen molar-refractivity contribution in [2.45, 2.75) is 19.3 Å². The van der Waals surface area contributed by atoms with Crippen molar-refractivity contribution in [3.63, 3.8) is 0 Å². The Labute approximate surface area is 153 Å². The smallest absolute Gasteiger partial charge is 0.246 e. The molecule has 132 valence electrons. The molecule has 1 aliphatic rings. The van der Waals surface area contributed by atoms with Crippen molar-refractivity contribution in [1.82, 2.24) is 5.32 Å². The van der Waals surface area contributed by atoms with Crippen LogP contribution < -0.4 is 16.0 Å². The second kappa shape index (κ2) is 8.53. The number of nitrogens with one attached hydrogen (secondary N) is 1. The van der Waals surface area contributed by atoms with Crippen molar-refractivity contribution in [2.24, 2.45) is 0 Å². The molecule has 2 amide bonds. The maximum absolute atomic E-state index is 12.5. The first kappa shape index (κ1) is 18.8. The maximum Gasteiger partial charge on any atom is 0.246 e. The minimum Gasteiger partial charge on any atom is -0.399 e. The predicted molar refractivity (Wildman–Crippen MR) is 102 cm³/mol. The summed E-state index contributed by atoms with van der Waals surface area (Å²) in [5.74, 6) is -0.244. The molecular formula is C19H22ClN3O2. The number of hydrogen-bond donors (Lipinski definition) is 2. The second-order valence-electron chi connectivity index (χ2n) is 5.97. The zero-order valence-corrected chi connectivity index (χ0v) is 14.7. The first-order valence-corrected chi connectivity index (χ1v) is 8.13. The van der Waals surface area contributed by atoms with Gasteiger partial charge >= 0.3 is 0 Å². The Morgan fingerprint density at radius 2 is 1.80 bits per heavy atom. The molecule has 3 rings (SSSR count). The van der Waals surface area contributed by atoms with Crippen molar-refractivity contribution in [2.75, 3.05) is 23.7 Å². The van der Waals surface area contributed by atoms with Gasteiger partial charge in [-0.1, -0.05) is 30.3 Å². The Morgan fingerprint density at radius 3 is 2.56 bits per heavy atom. The van der Waals surface area contributed by atoms with Crippen molar-refractivity contribution in [1.29, 1.82) is 0 Å². The summed E-state index contributed by atoms with van der Waals surface area (Å²) in [4.78, 5) is 26.2. The van der Waals surface area contributed by atoms with E-state index in [1.807, 2.05) is 30.3 Å². The Bertz CT molecular complexity index is 747. The van der Waals surface area contributed by atoms with Crippen molar-refractivity contribution >= 4 is 35.6 Å². The number of carbonyl (C=O) groups is 2. The quantitative estimate of drug-likeness (QED) is 0.823. The van der Waals surface area contributed by atoms with E-state index in [0.29, 0.717) is 12.2 Å². The minimum atomic E-state index is -0.168. The van der Waals surface area contributed by atoms with Gasteiger partial charge < -0.3 is 16.0 Å². The van der Waals surface area contributed by atoms with Crippen LogP contribution in [0.3, 0.4) is 0 Å². The topological polar surface area (TPSA) is 75.4 Å². The SMILES string of the molecule is Cl.Nc1ccc(CC(=O)NCC(=O)N2CCCc3ccccc32)cc1. The third-order valence-electron chi connectivity index (χ3n) is 4.19. The monoisotopic (exact) mass is 359 g/mol. The molecule has 2 aromatic rings. The van der Waals surface area contributed by atoms with Gasteiger partial charge in [0.1, 0.15) is 0 Å². The highest BCUT2D eigenvalue weighted by atomic mass is 35.5. The zero-order chi connectivity index (χ0) is 16.9. The van der Waals surface area contributed by atoms with Gasteiger partial charge in [0.15, 0.2) is 0 Å². The van der Waals surface area contributed by atoms with Gasteiger partial charge in [0.25, 0.3) is 0 Å². The van der Waals surface area contributed by atoms with Crippen LogP contribution in [-0.4, -0.2) is 24.9 Å². The minimum absolute atomic E-state index is 0. The molecule has 5 nitrogen and oxygen atoms in total. The molecule has 6 heteroatoms. The van der Waals surface area contributed by atoms with Gasteiger partial charge in [0, 0.05) is 17.9 Å². The number of nitrogens with zero attached hydrogens (tertiary/aromatic N) is 1. The molecule has 1 aliphatic heterocycles. The van der Waals surface area contributed by atoms with Gasteiger partial charge in [-0.3, -0.25) is 9.59 Å². The third-order valence-corrected chi connectivity index (χ3v) is 4.19. The average molecular weight is 360 g/mol. The first-order valence-electron chi connectivity index (χ1n) is 8.13. The number of carbonyl (C=O) groups excluding carboxylic acids is 2. The maximum atomic E-state index is 12.5. The van der Waals surface area contributed by atoms with E-state index in [2.05, 4.69) is 11.4 Å². The summed E-state index contributed by atoms with van der Waals surface area (Å²) >= 11 is 0. The molecule has 0 radical (unpaired) electrons. The lowest BCUT2D eigenvalue weighted by atomic mass is 10.0. The lowest BCUT2D eigenvalue weighted by Gasteiger charge is -2.29. The first-order chi connectivity index (χ1) is 11.6. The number of halogens is 1. The highest BCUT2D eigenvalue weighted by Crippen LogP contribution is 2.26. The van der Waals surface area contributed by atoms with Gasteiger partial charge in [-0.2, -0.15) is 0 Å². The fourth-order valence-electron chi connectivity index (χ4n) is 2.95. The molecule has 3 N–H and O–H groups in total. The summed E-state index contributed by atoms with van der Waals surface area (Å²) in [6.45, 7) is 0.714. The Morgan fingerprint density at radius 1 is 1.08 bits per heavy atom. The number of para-hydroxylation sites is 1. The van der Waals surface area contributed by atoms with Gasteiger partial charge in [-0.25, -0.2) is 0 Å². The summed E-state index contributed by atoms with van der Waals surface area (Å²) in [5, 5.41) is 2.71. The number of rotatable bonds is 4. The van der Waals surface area contributed by atoms with Crippen LogP contribution in [-0.2, 0) is 22.4 Å². The number of nitrogens with two attached hydrogens (primary N) is 1. The van der Waals surface area contributed by atoms with Crippen molar-refractivity contribution < 1.29 is 9.59 Å². The molecule has 0 atom stereocenters. The zero-order valence-electron chi connectivity index (χ0n) is 13.9. The lowest BCUT2D eigenvalue weighted by molar-refractivity contribution is -0.124. The van der Waals surface area contributed by atoms with Gasteiger partial charge in [-0.05, 0) is 42.2 Å². The number of benzene rings is 2. The van der Waals surface area contributed by atoms with E-state index in [1.165, 1.54) is 5.56 Å². The highest BCUT2D eigenvalue weighted by molar-refractivity contribution is 5.97. The molecule has 0 aromatic heterocycles. The van der Waals surface area contributed by atoms with E-state index >= 15 is 0 Å². The normalized spacial score (nSPS) is 12.7. The van der Waals surface area contributed by atoms with Gasteiger partial charge in [-0.15, -0.1) is 12.4 Å². The van der Waals surface area contributed by atoms with E-state index in [-0.39, 0.29) is 37.2 Å². The Balaban J connectivity index is 0.00000225. The molecule has 1 heterocycles. The number of amides is 2. The van der Waals surface area contributed by atoms with Gasteiger partial charge in [0.05, 0.1) is 13.0 Å². The molecule has 0 fully saturated rings. The molecule has 0 saturated heterocycles. The van der Waals surface area contributed by atoms with Crippen LogP contribution in [0.5, 0.6) is 0 Å². The predicted octanol–water partition coefficient (Wildman–Crippen LogP) is 2.33. The molecule has 0 aliphatic carbocycles. The van der Waals surface area contributed by atoms with E-state index in [9.17, 15) is 9.59 Å². The molecule has 2 aromatic carbocycles. The Hall–Kier alpha value is -2.53. The summed E-state index contributed by atoms with van der Waals surface area (Å²) in [5.41, 5.74) is 9.31. The van der Waals surface area contributed by atoms with E-state index in [4.69, 9.17) is 5.73 Å². The van der Waals surface area contributed by atoms with Crippen LogP contribution in [0.1, 0.15) is 17.5 Å². The summed E-state index contributed by atoms with van der Waals surface area (Å²) in [6, 6.07) is 15.1. The molecule has 0 bridgehead atoms. The fourth-order valence-corrected chi connectivity index (χ4v) is 2.95. The largest absolute Gasteiger partial charge is 0.399 e. The summed E-state index contributed by atoms with van der Waals surface area (Å²) < 4.78 is 0. The van der Waals surface area contributed by atoms with Crippen LogP contribution >= 0.6 is 12.4 Å².